The van der Waals surface area contributed by atoms with Gasteiger partial charge in [0.1, 0.15) is 24.4 Å². The second-order valence-corrected chi connectivity index (χ2v) is 5.44. The molecule has 1 N–H and O–H groups in total. The third-order valence-corrected chi connectivity index (χ3v) is 3.88. The number of aliphatic hydroxyl groups is 1. The third kappa shape index (κ3) is 3.24. The molecule has 0 bridgehead atoms. The van der Waals surface area contributed by atoms with E-state index in [-0.39, 0.29) is 18.5 Å². The van der Waals surface area contributed by atoms with Crippen LogP contribution in [0.3, 0.4) is 0 Å². The Bertz CT molecular complexity index is 503. The fourth-order valence-electron chi connectivity index (χ4n) is 2.87. The van der Waals surface area contributed by atoms with Crippen molar-refractivity contribution in [2.45, 2.75) is 50.8 Å². The number of rotatable bonds is 5. The van der Waals surface area contributed by atoms with Crippen molar-refractivity contribution in [3.05, 3.63) is 48.0 Å². The zero-order valence-corrected chi connectivity index (χ0v) is 12.8. The van der Waals surface area contributed by atoms with Crippen LogP contribution >= 0.6 is 0 Å². The lowest BCUT2D eigenvalue weighted by atomic mass is 10.0. The molecule has 0 spiro atoms. The van der Waals surface area contributed by atoms with Crippen molar-refractivity contribution in [2.75, 3.05) is 6.61 Å². The van der Waals surface area contributed by atoms with E-state index in [1.165, 1.54) is 0 Å². The summed E-state index contributed by atoms with van der Waals surface area (Å²) in [5.74, 6) is 0. The summed E-state index contributed by atoms with van der Waals surface area (Å²) in [6.45, 7) is 4.30. The van der Waals surface area contributed by atoms with Crippen LogP contribution in [0.5, 0.6) is 0 Å². The van der Waals surface area contributed by atoms with Gasteiger partial charge in [-0.2, -0.15) is 0 Å². The van der Waals surface area contributed by atoms with Crippen molar-refractivity contribution in [3.8, 4) is 0 Å². The van der Waals surface area contributed by atoms with E-state index in [9.17, 15) is 5.11 Å². The summed E-state index contributed by atoms with van der Waals surface area (Å²) in [4.78, 5) is 0. The topological polar surface area (TPSA) is 57.2 Å². The highest BCUT2D eigenvalue weighted by atomic mass is 16.8. The molecule has 0 saturated carbocycles. The van der Waals surface area contributed by atoms with Crippen molar-refractivity contribution in [3.63, 3.8) is 0 Å². The van der Waals surface area contributed by atoms with Crippen molar-refractivity contribution >= 4 is 0 Å². The molecule has 6 atom stereocenters. The first-order valence-corrected chi connectivity index (χ1v) is 7.68. The molecule has 5 heteroatoms. The van der Waals surface area contributed by atoms with Crippen molar-refractivity contribution in [2.24, 2.45) is 0 Å². The molecule has 0 radical (unpaired) electrons. The van der Waals surface area contributed by atoms with E-state index >= 15 is 0 Å². The second kappa shape index (κ2) is 6.89. The van der Waals surface area contributed by atoms with Gasteiger partial charge in [0.2, 0.25) is 0 Å². The predicted molar refractivity (Wildman–Crippen MR) is 80.0 cm³/mol. The Kier molecular flexibility index (Phi) is 4.90. The smallest absolute Gasteiger partial charge is 0.180 e. The number of fused-ring (bicyclic) bond motifs is 1. The van der Waals surface area contributed by atoms with E-state index in [2.05, 4.69) is 0 Å². The summed E-state index contributed by atoms with van der Waals surface area (Å²) in [6.07, 6.45) is 0.989. The lowest BCUT2D eigenvalue weighted by molar-refractivity contribution is -0.244. The van der Waals surface area contributed by atoms with Crippen LogP contribution in [-0.2, 0) is 18.9 Å². The monoisotopic (exact) mass is 306 g/mol. The fourth-order valence-corrected chi connectivity index (χ4v) is 2.87. The molecular formula is C17H22O5. The molecular weight excluding hydrogens is 284 g/mol. The van der Waals surface area contributed by atoms with Crippen molar-refractivity contribution in [1.82, 2.24) is 0 Å². The van der Waals surface area contributed by atoms with Gasteiger partial charge in [-0.1, -0.05) is 36.4 Å². The molecule has 2 aliphatic rings. The van der Waals surface area contributed by atoms with Crippen molar-refractivity contribution in [1.29, 1.82) is 0 Å². The summed E-state index contributed by atoms with van der Waals surface area (Å²) < 4.78 is 22.7. The maximum absolute atomic E-state index is 10.5. The average molecular weight is 306 g/mol. The van der Waals surface area contributed by atoms with Crippen LogP contribution < -0.4 is 0 Å². The van der Waals surface area contributed by atoms with Crippen LogP contribution in [0.4, 0.5) is 0 Å². The Labute approximate surface area is 130 Å². The van der Waals surface area contributed by atoms with Crippen LogP contribution in [0.2, 0.25) is 0 Å². The predicted octanol–water partition coefficient (Wildman–Crippen LogP) is 2.17. The Hall–Kier alpha value is -1.24. The minimum absolute atomic E-state index is 0.262. The largest absolute Gasteiger partial charge is 0.387 e. The molecule has 1 saturated heterocycles. The maximum atomic E-state index is 10.5. The number of benzene rings is 1. The van der Waals surface area contributed by atoms with Crippen LogP contribution in [-0.4, -0.2) is 42.6 Å². The van der Waals surface area contributed by atoms with Crippen LogP contribution in [0.25, 0.3) is 0 Å². The second-order valence-electron chi connectivity index (χ2n) is 5.44. The summed E-state index contributed by atoms with van der Waals surface area (Å²) in [6, 6.07) is 9.69. The number of hydrogen-bond acceptors (Lipinski definition) is 5. The molecule has 0 amide bonds. The van der Waals surface area contributed by atoms with E-state index in [1.54, 1.807) is 6.08 Å². The minimum Gasteiger partial charge on any atom is -0.387 e. The van der Waals surface area contributed by atoms with E-state index in [1.807, 2.05) is 50.3 Å². The lowest BCUT2D eigenvalue weighted by Gasteiger charge is -2.29. The molecule has 0 aromatic heterocycles. The average Bonchev–Trinajstić information content (AvgIpc) is 2.85. The molecule has 2 heterocycles. The zero-order chi connectivity index (χ0) is 15.5. The van der Waals surface area contributed by atoms with Gasteiger partial charge in [0.05, 0.1) is 0 Å². The van der Waals surface area contributed by atoms with Gasteiger partial charge in [-0.15, -0.1) is 0 Å². The summed E-state index contributed by atoms with van der Waals surface area (Å²) in [7, 11) is 0. The Morgan fingerprint density at radius 2 is 1.95 bits per heavy atom. The van der Waals surface area contributed by atoms with Gasteiger partial charge < -0.3 is 24.1 Å². The highest BCUT2D eigenvalue weighted by Crippen LogP contribution is 2.38. The molecule has 1 aromatic rings. The molecule has 0 aliphatic carbocycles. The first kappa shape index (κ1) is 15.6. The molecule has 2 unspecified atom stereocenters. The van der Waals surface area contributed by atoms with Gasteiger partial charge >= 0.3 is 0 Å². The highest BCUT2D eigenvalue weighted by molar-refractivity contribution is 5.22. The molecule has 2 aliphatic heterocycles. The minimum atomic E-state index is -0.731. The first-order valence-electron chi connectivity index (χ1n) is 7.68. The van der Waals surface area contributed by atoms with Gasteiger partial charge in [-0.05, 0) is 25.5 Å². The summed E-state index contributed by atoms with van der Waals surface area (Å²) in [5.41, 5.74) is 0.946. The molecule has 1 fully saturated rings. The van der Waals surface area contributed by atoms with Gasteiger partial charge in [0, 0.05) is 6.61 Å². The van der Waals surface area contributed by atoms with Crippen LogP contribution in [0.15, 0.2) is 42.5 Å². The standard InChI is InChI=1S/C17H22O5/c1-3-19-11(2)20-14-10-9-13-17(22-14)15(18)16(21-13)12-7-5-4-6-8-12/h4-11,13-18H,3H2,1-2H3/t11?,13?,14-,15+,16+,17-/m1/s1. The maximum Gasteiger partial charge on any atom is 0.180 e. The highest BCUT2D eigenvalue weighted by Gasteiger charge is 2.46. The molecule has 22 heavy (non-hydrogen) atoms. The molecule has 1 aromatic carbocycles. The Morgan fingerprint density at radius 3 is 2.68 bits per heavy atom. The third-order valence-electron chi connectivity index (χ3n) is 3.88. The van der Waals surface area contributed by atoms with Gasteiger partial charge in [-0.3, -0.25) is 0 Å². The summed E-state index contributed by atoms with van der Waals surface area (Å²) >= 11 is 0. The van der Waals surface area contributed by atoms with E-state index in [0.29, 0.717) is 6.61 Å². The lowest BCUT2D eigenvalue weighted by Crippen LogP contribution is -2.40. The zero-order valence-electron chi connectivity index (χ0n) is 12.8. The number of aliphatic hydroxyl groups excluding tert-OH is 1. The van der Waals surface area contributed by atoms with E-state index in [0.717, 1.165) is 5.56 Å². The molecule has 120 valence electrons. The van der Waals surface area contributed by atoms with Crippen LogP contribution in [0.1, 0.15) is 25.5 Å². The van der Waals surface area contributed by atoms with Gasteiger partial charge in [0.25, 0.3) is 0 Å². The summed E-state index contributed by atoms with van der Waals surface area (Å²) in [5, 5.41) is 10.5. The first-order chi connectivity index (χ1) is 10.7. The quantitative estimate of drug-likeness (QED) is 0.667. The van der Waals surface area contributed by atoms with Gasteiger partial charge in [-0.25, -0.2) is 0 Å². The Balaban J connectivity index is 1.66. The van der Waals surface area contributed by atoms with Gasteiger partial charge in [0.15, 0.2) is 12.6 Å². The van der Waals surface area contributed by atoms with E-state index in [4.69, 9.17) is 18.9 Å². The molecule has 5 nitrogen and oxygen atoms in total. The number of hydrogen-bond donors (Lipinski definition) is 1. The van der Waals surface area contributed by atoms with Crippen molar-refractivity contribution < 1.29 is 24.1 Å². The van der Waals surface area contributed by atoms with E-state index < -0.39 is 18.5 Å². The number of ether oxygens (including phenoxy) is 4. The fraction of sp³-hybridized carbons (Fsp3) is 0.529. The SMILES string of the molecule is CCOC(C)O[C@H]1C=CC2O[C@@H](c3ccccc3)[C@H](O)[C@@H]2O1. The van der Waals surface area contributed by atoms with Crippen LogP contribution in [0, 0.1) is 0 Å². The Morgan fingerprint density at radius 1 is 1.18 bits per heavy atom. The molecule has 3 rings (SSSR count). The normalized spacial score (nSPS) is 35.3.